The molecule has 0 aliphatic rings. The number of nitrogens with zero attached hydrogens (tertiary/aromatic N) is 1. The molecule has 1 aromatic carbocycles. The molecule has 6 nitrogen and oxygen atoms in total. The van der Waals surface area contributed by atoms with E-state index in [2.05, 4.69) is 5.32 Å². The van der Waals surface area contributed by atoms with Crippen LogP contribution in [0.4, 0.5) is 5.69 Å². The number of carbonyl (C=O) groups is 1. The largest absolute Gasteiger partial charge is 0.480 e. The Kier molecular flexibility index (Phi) is 3.35. The number of hydrogen-bond acceptors (Lipinski definition) is 4. The van der Waals surface area contributed by atoms with Gasteiger partial charge >= 0.3 is 5.97 Å². The Balaban J connectivity index is 3.08. The van der Waals surface area contributed by atoms with Gasteiger partial charge in [-0.1, -0.05) is 12.1 Å². The first-order valence-electron chi connectivity index (χ1n) is 4.20. The second kappa shape index (κ2) is 4.52. The van der Waals surface area contributed by atoms with Crippen LogP contribution < -0.4 is 5.32 Å². The number of nitro groups is 1. The van der Waals surface area contributed by atoms with Gasteiger partial charge in [0.15, 0.2) is 0 Å². The van der Waals surface area contributed by atoms with Crippen molar-refractivity contribution in [3.8, 4) is 0 Å². The third kappa shape index (κ3) is 2.50. The number of nitrogens with one attached hydrogen (secondary N) is 1. The van der Waals surface area contributed by atoms with Crippen molar-refractivity contribution in [3.63, 3.8) is 0 Å². The smallest absolute Gasteiger partial charge is 0.325 e. The van der Waals surface area contributed by atoms with Crippen molar-refractivity contribution in [2.24, 2.45) is 0 Å². The zero-order chi connectivity index (χ0) is 11.4. The van der Waals surface area contributed by atoms with Crippen molar-refractivity contribution in [1.29, 1.82) is 0 Å². The molecule has 0 aromatic heterocycles. The predicted octanol–water partition coefficient (Wildman–Crippen LogP) is 0.940. The first kappa shape index (κ1) is 11.1. The lowest BCUT2D eigenvalue weighted by molar-refractivity contribution is -0.384. The van der Waals surface area contributed by atoms with E-state index in [1.54, 1.807) is 0 Å². The van der Waals surface area contributed by atoms with Crippen LogP contribution in [0, 0.1) is 10.1 Å². The van der Waals surface area contributed by atoms with Gasteiger partial charge in [0.25, 0.3) is 5.69 Å². The molecular formula is C9H10N2O4. The van der Waals surface area contributed by atoms with Gasteiger partial charge in [-0.05, 0) is 12.6 Å². The highest BCUT2D eigenvalue weighted by atomic mass is 16.6. The van der Waals surface area contributed by atoms with Crippen molar-refractivity contribution in [1.82, 2.24) is 5.32 Å². The minimum Gasteiger partial charge on any atom is -0.480 e. The maximum atomic E-state index is 10.8. The predicted molar refractivity (Wildman–Crippen MR) is 52.5 cm³/mol. The van der Waals surface area contributed by atoms with Crippen LogP contribution in [0.5, 0.6) is 0 Å². The second-order valence-corrected chi connectivity index (χ2v) is 2.91. The molecule has 0 saturated carbocycles. The van der Waals surface area contributed by atoms with Gasteiger partial charge in [0, 0.05) is 12.1 Å². The van der Waals surface area contributed by atoms with E-state index in [1.807, 2.05) is 0 Å². The summed E-state index contributed by atoms with van der Waals surface area (Å²) in [4.78, 5) is 20.7. The molecule has 6 heteroatoms. The van der Waals surface area contributed by atoms with Crippen LogP contribution >= 0.6 is 0 Å². The number of nitro benzene ring substituents is 1. The van der Waals surface area contributed by atoms with Crippen LogP contribution in [0.2, 0.25) is 0 Å². The number of rotatable bonds is 4. The fraction of sp³-hybridized carbons (Fsp3) is 0.222. The number of aliphatic carboxylic acids is 1. The zero-order valence-corrected chi connectivity index (χ0v) is 8.01. The van der Waals surface area contributed by atoms with Crippen LogP contribution in [-0.4, -0.2) is 23.0 Å². The van der Waals surface area contributed by atoms with Crippen molar-refractivity contribution in [2.75, 3.05) is 7.05 Å². The lowest BCUT2D eigenvalue weighted by Gasteiger charge is -2.10. The molecule has 0 fully saturated rings. The molecular weight excluding hydrogens is 200 g/mol. The number of hydrogen-bond donors (Lipinski definition) is 2. The minimum absolute atomic E-state index is 0.117. The van der Waals surface area contributed by atoms with Gasteiger partial charge in [-0.25, -0.2) is 0 Å². The molecule has 0 aliphatic heterocycles. The Hall–Kier alpha value is -1.95. The number of non-ortho nitro benzene ring substituents is 1. The van der Waals surface area contributed by atoms with E-state index < -0.39 is 16.9 Å². The lowest BCUT2D eigenvalue weighted by atomic mass is 10.1. The molecule has 2 N–H and O–H groups in total. The molecule has 0 aliphatic carbocycles. The minimum atomic E-state index is -1.07. The van der Waals surface area contributed by atoms with E-state index in [0.29, 0.717) is 5.56 Å². The van der Waals surface area contributed by atoms with Crippen LogP contribution in [-0.2, 0) is 4.79 Å². The summed E-state index contributed by atoms with van der Waals surface area (Å²) in [5.41, 5.74) is 0.244. The highest BCUT2D eigenvalue weighted by Gasteiger charge is 2.19. The molecule has 0 heterocycles. The van der Waals surface area contributed by atoms with Crippen molar-refractivity contribution in [2.45, 2.75) is 6.04 Å². The molecule has 1 unspecified atom stereocenters. The van der Waals surface area contributed by atoms with Gasteiger partial charge < -0.3 is 10.4 Å². The van der Waals surface area contributed by atoms with E-state index in [1.165, 1.54) is 31.3 Å². The van der Waals surface area contributed by atoms with E-state index in [-0.39, 0.29) is 5.69 Å². The monoisotopic (exact) mass is 210 g/mol. The average molecular weight is 210 g/mol. The highest BCUT2D eigenvalue weighted by Crippen LogP contribution is 2.19. The summed E-state index contributed by atoms with van der Waals surface area (Å²) in [6.07, 6.45) is 0. The Labute approximate surface area is 85.7 Å². The maximum absolute atomic E-state index is 10.8. The summed E-state index contributed by atoms with van der Waals surface area (Å²) in [7, 11) is 1.48. The molecule has 0 bridgehead atoms. The van der Waals surface area contributed by atoms with E-state index in [4.69, 9.17) is 5.11 Å². The van der Waals surface area contributed by atoms with E-state index >= 15 is 0 Å². The summed E-state index contributed by atoms with van der Waals surface area (Å²) in [6, 6.07) is 4.63. The SMILES string of the molecule is CNC(C(=O)O)c1cccc([N+](=O)[O-])c1. The van der Waals surface area contributed by atoms with E-state index in [9.17, 15) is 14.9 Å². The molecule has 0 spiro atoms. The fourth-order valence-corrected chi connectivity index (χ4v) is 1.25. The Morgan fingerprint density at radius 2 is 2.27 bits per heavy atom. The maximum Gasteiger partial charge on any atom is 0.325 e. The topological polar surface area (TPSA) is 92.5 Å². The summed E-state index contributed by atoms with van der Waals surface area (Å²) >= 11 is 0. The standard InChI is InChI=1S/C9H10N2O4/c1-10-8(9(12)13)6-3-2-4-7(5-6)11(14)15/h2-5,8,10H,1H3,(H,12,13). The van der Waals surface area contributed by atoms with Gasteiger partial charge in [-0.3, -0.25) is 14.9 Å². The quantitative estimate of drug-likeness (QED) is 0.569. The normalized spacial score (nSPS) is 12.1. The van der Waals surface area contributed by atoms with Gasteiger partial charge in [0.05, 0.1) is 4.92 Å². The summed E-state index contributed by atoms with van der Waals surface area (Å²) in [6.45, 7) is 0. The molecule has 1 aromatic rings. The first-order valence-corrected chi connectivity index (χ1v) is 4.20. The third-order valence-corrected chi connectivity index (χ3v) is 1.95. The van der Waals surface area contributed by atoms with E-state index in [0.717, 1.165) is 0 Å². The molecule has 0 radical (unpaired) electrons. The molecule has 1 atom stereocenters. The van der Waals surface area contributed by atoms with Gasteiger partial charge in [0.1, 0.15) is 6.04 Å². The van der Waals surface area contributed by atoms with Gasteiger partial charge in [-0.2, -0.15) is 0 Å². The average Bonchev–Trinajstić information content (AvgIpc) is 2.18. The zero-order valence-electron chi connectivity index (χ0n) is 8.01. The summed E-state index contributed by atoms with van der Waals surface area (Å²) in [5.74, 6) is -1.07. The van der Waals surface area contributed by atoms with Gasteiger partial charge in [-0.15, -0.1) is 0 Å². The second-order valence-electron chi connectivity index (χ2n) is 2.91. The number of benzene rings is 1. The van der Waals surface area contributed by atoms with Crippen LogP contribution in [0.1, 0.15) is 11.6 Å². The van der Waals surface area contributed by atoms with Crippen LogP contribution in [0.25, 0.3) is 0 Å². The molecule has 15 heavy (non-hydrogen) atoms. The number of carboxylic acids is 1. The lowest BCUT2D eigenvalue weighted by Crippen LogP contribution is -2.24. The molecule has 80 valence electrons. The first-order chi connectivity index (χ1) is 7.06. The fourth-order valence-electron chi connectivity index (χ4n) is 1.25. The Bertz CT molecular complexity index is 391. The Morgan fingerprint density at radius 3 is 2.73 bits per heavy atom. The number of carboxylic acid groups (broad SMARTS) is 1. The van der Waals surface area contributed by atoms with Crippen molar-refractivity contribution >= 4 is 11.7 Å². The summed E-state index contributed by atoms with van der Waals surface area (Å²) in [5, 5.41) is 21.9. The molecule has 0 amide bonds. The molecule has 1 rings (SSSR count). The van der Waals surface area contributed by atoms with Crippen molar-refractivity contribution < 1.29 is 14.8 Å². The van der Waals surface area contributed by atoms with Gasteiger partial charge in [0.2, 0.25) is 0 Å². The van der Waals surface area contributed by atoms with Crippen LogP contribution in [0.3, 0.4) is 0 Å². The Morgan fingerprint density at radius 1 is 1.60 bits per heavy atom. The van der Waals surface area contributed by atoms with Crippen LogP contribution in [0.15, 0.2) is 24.3 Å². The summed E-state index contributed by atoms with van der Waals surface area (Å²) < 4.78 is 0. The molecule has 0 saturated heterocycles. The highest BCUT2D eigenvalue weighted by molar-refractivity contribution is 5.75. The van der Waals surface area contributed by atoms with Crippen molar-refractivity contribution in [3.05, 3.63) is 39.9 Å². The third-order valence-electron chi connectivity index (χ3n) is 1.95. The number of likely N-dealkylation sites (N-methyl/N-ethyl adjacent to an activating group) is 1.